The van der Waals surface area contributed by atoms with E-state index >= 15 is 0 Å². The fraction of sp³-hybridized carbons (Fsp3) is 0.385. The SMILES string of the molecule is CNCc1cn(C2C=C(O)C(COP(=O)([O-])[O-])O2)c2nc(N)[nH]c(=O)c12. The van der Waals surface area contributed by atoms with Gasteiger partial charge in [-0.25, -0.2) is 0 Å². The van der Waals surface area contributed by atoms with Crippen molar-refractivity contribution in [3.05, 3.63) is 33.9 Å². The highest BCUT2D eigenvalue weighted by molar-refractivity contribution is 7.43. The number of H-pyrrole nitrogens is 1. The summed E-state index contributed by atoms with van der Waals surface area (Å²) in [7, 11) is -3.50. The van der Waals surface area contributed by atoms with E-state index in [0.717, 1.165) is 0 Å². The molecule has 0 saturated carbocycles. The third-order valence-electron chi connectivity index (χ3n) is 3.75. The van der Waals surface area contributed by atoms with Crippen LogP contribution in [0, 0.1) is 0 Å². The van der Waals surface area contributed by atoms with Gasteiger partial charge in [0.2, 0.25) is 5.95 Å². The van der Waals surface area contributed by atoms with Crippen LogP contribution >= 0.6 is 7.82 Å². The van der Waals surface area contributed by atoms with Crippen LogP contribution in [-0.4, -0.2) is 39.4 Å². The zero-order valence-corrected chi connectivity index (χ0v) is 14.4. The summed E-state index contributed by atoms with van der Waals surface area (Å²) in [4.78, 5) is 39.9. The van der Waals surface area contributed by atoms with E-state index in [4.69, 9.17) is 10.5 Å². The molecule has 0 radical (unpaired) electrons. The molecule has 3 rings (SSSR count). The van der Waals surface area contributed by atoms with E-state index in [-0.39, 0.29) is 17.4 Å². The molecule has 0 fully saturated rings. The number of fused-ring (bicyclic) bond motifs is 1. The van der Waals surface area contributed by atoms with Gasteiger partial charge in [-0.2, -0.15) is 4.98 Å². The maximum absolute atomic E-state index is 12.2. The minimum absolute atomic E-state index is 0.0948. The van der Waals surface area contributed by atoms with Crippen LogP contribution in [0.2, 0.25) is 0 Å². The largest absolute Gasteiger partial charge is 0.790 e. The first-order chi connectivity index (χ1) is 12.2. The third kappa shape index (κ3) is 3.65. The van der Waals surface area contributed by atoms with Gasteiger partial charge >= 0.3 is 0 Å². The topological polar surface area (TPSA) is 191 Å². The lowest BCUT2D eigenvalue weighted by atomic mass is 10.2. The summed E-state index contributed by atoms with van der Waals surface area (Å²) in [6.45, 7) is -0.301. The second-order valence-corrected chi connectivity index (χ2v) is 6.74. The normalized spacial score (nSPS) is 20.7. The van der Waals surface area contributed by atoms with Crippen LogP contribution in [-0.2, 0) is 20.4 Å². The number of phosphoric ester groups is 1. The zero-order valence-electron chi connectivity index (χ0n) is 13.5. The Hall–Kier alpha value is -2.21. The molecular weight excluding hydrogens is 369 g/mol. The predicted molar refractivity (Wildman–Crippen MR) is 85.7 cm³/mol. The lowest BCUT2D eigenvalue weighted by molar-refractivity contribution is -0.342. The third-order valence-corrected chi connectivity index (χ3v) is 4.22. The Morgan fingerprint density at radius 3 is 2.96 bits per heavy atom. The molecule has 0 aromatic carbocycles. The van der Waals surface area contributed by atoms with E-state index in [1.807, 2.05) is 0 Å². The van der Waals surface area contributed by atoms with Gasteiger partial charge < -0.3 is 44.3 Å². The number of aromatic amines is 1. The first-order valence-electron chi connectivity index (χ1n) is 7.46. The van der Waals surface area contributed by atoms with Crippen molar-refractivity contribution in [2.24, 2.45) is 0 Å². The molecule has 2 unspecified atom stereocenters. The van der Waals surface area contributed by atoms with Crippen molar-refractivity contribution in [1.82, 2.24) is 19.9 Å². The number of hydrogen-bond donors (Lipinski definition) is 4. The molecule has 0 bridgehead atoms. The molecule has 5 N–H and O–H groups in total. The van der Waals surface area contributed by atoms with E-state index in [0.29, 0.717) is 17.5 Å². The maximum atomic E-state index is 12.2. The fourth-order valence-electron chi connectivity index (χ4n) is 2.73. The molecule has 142 valence electrons. The lowest BCUT2D eigenvalue weighted by Gasteiger charge is -2.29. The maximum Gasteiger partial charge on any atom is 0.262 e. The van der Waals surface area contributed by atoms with Gasteiger partial charge in [-0.05, 0) is 12.6 Å². The molecule has 3 heterocycles. The Morgan fingerprint density at radius 2 is 2.31 bits per heavy atom. The van der Waals surface area contributed by atoms with Crippen molar-refractivity contribution >= 4 is 24.8 Å². The molecule has 12 nitrogen and oxygen atoms in total. The molecule has 0 aliphatic carbocycles. The molecule has 2 atom stereocenters. The van der Waals surface area contributed by atoms with Crippen molar-refractivity contribution in [2.75, 3.05) is 19.4 Å². The number of nitrogens with two attached hydrogens (primary N) is 1. The molecular formula is C13H16N5O7P-2. The minimum Gasteiger partial charge on any atom is -0.790 e. The minimum atomic E-state index is -5.20. The molecule has 0 amide bonds. The molecule has 1 aliphatic rings. The van der Waals surface area contributed by atoms with Crippen molar-refractivity contribution in [1.29, 1.82) is 0 Å². The van der Waals surface area contributed by atoms with Gasteiger partial charge in [0, 0.05) is 18.8 Å². The average molecular weight is 385 g/mol. The van der Waals surface area contributed by atoms with E-state index in [2.05, 4.69) is 19.8 Å². The van der Waals surface area contributed by atoms with Gasteiger partial charge in [-0.3, -0.25) is 9.78 Å². The van der Waals surface area contributed by atoms with Crippen molar-refractivity contribution in [3.8, 4) is 0 Å². The Balaban J connectivity index is 1.96. The molecule has 2 aromatic rings. The van der Waals surface area contributed by atoms with Crippen molar-refractivity contribution in [2.45, 2.75) is 18.9 Å². The summed E-state index contributed by atoms with van der Waals surface area (Å²) in [6.07, 6.45) is 0.840. The van der Waals surface area contributed by atoms with E-state index in [1.165, 1.54) is 10.6 Å². The predicted octanol–water partition coefficient (Wildman–Crippen LogP) is -1.79. The smallest absolute Gasteiger partial charge is 0.262 e. The summed E-state index contributed by atoms with van der Waals surface area (Å²) < 4.78 is 21.7. The van der Waals surface area contributed by atoms with Gasteiger partial charge in [-0.15, -0.1) is 0 Å². The highest BCUT2D eigenvalue weighted by Crippen LogP contribution is 2.33. The van der Waals surface area contributed by atoms with Gasteiger partial charge in [-0.1, -0.05) is 0 Å². The van der Waals surface area contributed by atoms with Crippen molar-refractivity contribution in [3.63, 3.8) is 0 Å². The van der Waals surface area contributed by atoms with Gasteiger partial charge in [0.25, 0.3) is 5.56 Å². The number of nitrogen functional groups attached to an aromatic ring is 1. The highest BCUT2D eigenvalue weighted by atomic mass is 31.2. The number of ether oxygens (including phenoxy) is 1. The van der Waals surface area contributed by atoms with Gasteiger partial charge in [0.15, 0.2) is 11.9 Å². The number of aromatic nitrogens is 3. The Labute approximate surface area is 146 Å². The average Bonchev–Trinajstić information content (AvgIpc) is 3.06. The number of phosphoric acid groups is 1. The van der Waals surface area contributed by atoms with Crippen LogP contribution < -0.4 is 26.4 Å². The Morgan fingerprint density at radius 1 is 1.58 bits per heavy atom. The second-order valence-electron chi connectivity index (χ2n) is 5.59. The number of aliphatic hydroxyl groups is 1. The summed E-state index contributed by atoms with van der Waals surface area (Å²) in [5.74, 6) is -0.402. The first kappa shape index (κ1) is 18.6. The standard InChI is InChI=1S/C13H18N5O7P/c1-15-3-6-4-18(11-10(6)12(20)17-13(14)16-11)9-2-7(19)8(25-9)5-24-26(21,22)23/h2,4,8-9,15,19H,3,5H2,1H3,(H2,21,22,23)(H3,14,16,17,20)/p-2. The zero-order chi connectivity index (χ0) is 19.1. The first-order valence-corrected chi connectivity index (χ1v) is 8.92. The summed E-state index contributed by atoms with van der Waals surface area (Å²) in [6, 6.07) is 0. The van der Waals surface area contributed by atoms with Crippen LogP contribution in [0.15, 0.2) is 22.8 Å². The van der Waals surface area contributed by atoms with E-state index in [9.17, 15) is 24.3 Å². The monoisotopic (exact) mass is 385 g/mol. The van der Waals surface area contributed by atoms with Crippen molar-refractivity contribution < 1.29 is 28.7 Å². The number of rotatable bonds is 6. The van der Waals surface area contributed by atoms with Crippen LogP contribution in [0.5, 0.6) is 0 Å². The number of hydrogen-bond acceptors (Lipinski definition) is 10. The molecule has 0 saturated heterocycles. The van der Waals surface area contributed by atoms with Gasteiger partial charge in [0.05, 0.1) is 19.8 Å². The number of aliphatic hydroxyl groups excluding tert-OH is 1. The second kappa shape index (κ2) is 6.83. The molecule has 1 aliphatic heterocycles. The van der Waals surface area contributed by atoms with Crippen LogP contribution in [0.3, 0.4) is 0 Å². The number of nitrogens with zero attached hydrogens (tertiary/aromatic N) is 2. The lowest BCUT2D eigenvalue weighted by Crippen LogP contribution is -2.24. The molecule has 13 heteroatoms. The van der Waals surface area contributed by atoms with Crippen LogP contribution in [0.4, 0.5) is 5.95 Å². The molecule has 26 heavy (non-hydrogen) atoms. The van der Waals surface area contributed by atoms with Crippen LogP contribution in [0.1, 0.15) is 11.8 Å². The summed E-state index contributed by atoms with van der Waals surface area (Å²) >= 11 is 0. The number of nitrogens with one attached hydrogen (secondary N) is 2. The Bertz CT molecular complexity index is 962. The van der Waals surface area contributed by atoms with E-state index in [1.54, 1.807) is 13.2 Å². The summed E-state index contributed by atoms with van der Waals surface area (Å²) in [5, 5.41) is 13.2. The van der Waals surface area contributed by atoms with Gasteiger partial charge in [0.1, 0.15) is 11.9 Å². The quantitative estimate of drug-likeness (QED) is 0.413. The molecule has 0 spiro atoms. The van der Waals surface area contributed by atoms with Crippen LogP contribution in [0.25, 0.3) is 11.0 Å². The fourth-order valence-corrected chi connectivity index (χ4v) is 3.04. The number of anilines is 1. The Kier molecular flexibility index (Phi) is 4.88. The summed E-state index contributed by atoms with van der Waals surface area (Å²) in [5.41, 5.74) is 6.02. The molecule has 2 aromatic heterocycles. The van der Waals surface area contributed by atoms with E-state index < -0.39 is 32.3 Å². The highest BCUT2D eigenvalue weighted by Gasteiger charge is 2.30.